The van der Waals surface area contributed by atoms with E-state index >= 15 is 0 Å². The first kappa shape index (κ1) is 25.1. The van der Waals surface area contributed by atoms with Crippen LogP contribution >= 0.6 is 0 Å². The molecule has 0 unspecified atom stereocenters. The molecule has 0 saturated heterocycles. The summed E-state index contributed by atoms with van der Waals surface area (Å²) in [6.45, 7) is 0.289. The van der Waals surface area contributed by atoms with E-state index in [1.54, 1.807) is 42.5 Å². The smallest absolute Gasteiger partial charge is 0.267 e. The Balaban J connectivity index is 1.38. The highest BCUT2D eigenvalue weighted by Crippen LogP contribution is 2.39. The molecule has 4 rings (SSSR count). The number of benzene rings is 3. The number of hydrogen-bond acceptors (Lipinski definition) is 4. The van der Waals surface area contributed by atoms with Gasteiger partial charge in [-0.1, -0.05) is 36.4 Å². The Bertz CT molecular complexity index is 1200. The fourth-order valence-corrected chi connectivity index (χ4v) is 3.71. The Morgan fingerprint density at radius 1 is 0.972 bits per heavy atom. The number of ether oxygens (including phenoxy) is 1. The Kier molecular flexibility index (Phi) is 8.47. The summed E-state index contributed by atoms with van der Waals surface area (Å²) in [4.78, 5) is 25.5. The second kappa shape index (κ2) is 12.1. The molecule has 1 saturated carbocycles. The van der Waals surface area contributed by atoms with Gasteiger partial charge in [-0.15, -0.1) is 0 Å². The third kappa shape index (κ3) is 7.26. The van der Waals surface area contributed by atoms with Gasteiger partial charge in [-0.25, -0.2) is 4.39 Å². The Morgan fingerprint density at radius 3 is 2.31 bits per heavy atom. The van der Waals surface area contributed by atoms with Gasteiger partial charge >= 0.3 is 0 Å². The highest BCUT2D eigenvalue weighted by molar-refractivity contribution is 6.05. The van der Waals surface area contributed by atoms with Gasteiger partial charge < -0.3 is 20.5 Å². The number of aliphatic hydroxyl groups is 1. The van der Waals surface area contributed by atoms with Crippen molar-refractivity contribution in [3.63, 3.8) is 0 Å². The molecule has 1 aliphatic rings. The van der Waals surface area contributed by atoms with E-state index in [0.717, 1.165) is 11.1 Å². The van der Waals surface area contributed by atoms with Gasteiger partial charge in [-0.2, -0.15) is 0 Å². The summed E-state index contributed by atoms with van der Waals surface area (Å²) in [6.07, 6.45) is 4.66. The average Bonchev–Trinajstić information content (AvgIpc) is 3.74. The van der Waals surface area contributed by atoms with Crippen molar-refractivity contribution in [1.82, 2.24) is 10.6 Å². The molecule has 36 heavy (non-hydrogen) atoms. The van der Waals surface area contributed by atoms with Gasteiger partial charge in [0.05, 0.1) is 13.2 Å². The first-order valence-electron chi connectivity index (χ1n) is 12.0. The number of nitrogens with one attached hydrogen (secondary N) is 2. The van der Waals surface area contributed by atoms with Crippen molar-refractivity contribution >= 4 is 17.9 Å². The maximum atomic E-state index is 13.0. The predicted octanol–water partition coefficient (Wildman–Crippen LogP) is 4.20. The Hall–Kier alpha value is -3.97. The topological polar surface area (TPSA) is 87.7 Å². The summed E-state index contributed by atoms with van der Waals surface area (Å²) in [6, 6.07) is 20.8. The van der Waals surface area contributed by atoms with Crippen LogP contribution in [0.4, 0.5) is 4.39 Å². The SMILES string of the molecule is O=C(NCCO)C(=Cc1ccc(C2CC2)cc1)NC(=O)c1ccc(OCCc2ccc(F)cc2)cc1. The minimum atomic E-state index is -0.482. The lowest BCUT2D eigenvalue weighted by Gasteiger charge is -2.12. The zero-order chi connectivity index (χ0) is 25.3. The highest BCUT2D eigenvalue weighted by Gasteiger charge is 2.23. The fraction of sp³-hybridized carbons (Fsp3) is 0.241. The minimum Gasteiger partial charge on any atom is -0.493 e. The maximum absolute atomic E-state index is 13.0. The van der Waals surface area contributed by atoms with E-state index in [9.17, 15) is 14.0 Å². The first-order chi connectivity index (χ1) is 17.5. The van der Waals surface area contributed by atoms with Crippen LogP contribution in [0.25, 0.3) is 6.08 Å². The van der Waals surface area contributed by atoms with Crippen LogP contribution in [-0.4, -0.2) is 36.7 Å². The van der Waals surface area contributed by atoms with E-state index in [1.807, 2.05) is 24.3 Å². The molecule has 0 aliphatic heterocycles. The lowest BCUT2D eigenvalue weighted by molar-refractivity contribution is -0.117. The van der Waals surface area contributed by atoms with Gasteiger partial charge in [0.15, 0.2) is 0 Å². The molecule has 186 valence electrons. The van der Waals surface area contributed by atoms with E-state index in [4.69, 9.17) is 9.84 Å². The van der Waals surface area contributed by atoms with Crippen molar-refractivity contribution in [3.05, 3.63) is 107 Å². The van der Waals surface area contributed by atoms with Crippen LogP contribution in [0.1, 0.15) is 45.8 Å². The average molecular weight is 489 g/mol. The van der Waals surface area contributed by atoms with Gasteiger partial charge in [-0.05, 0) is 77.9 Å². The molecule has 3 N–H and O–H groups in total. The summed E-state index contributed by atoms with van der Waals surface area (Å²) >= 11 is 0. The Morgan fingerprint density at radius 2 is 1.67 bits per heavy atom. The molecule has 0 spiro atoms. The van der Waals surface area contributed by atoms with Gasteiger partial charge in [0.1, 0.15) is 17.3 Å². The summed E-state index contributed by atoms with van der Waals surface area (Å²) in [7, 11) is 0. The van der Waals surface area contributed by atoms with Crippen LogP contribution < -0.4 is 15.4 Å². The second-order valence-corrected chi connectivity index (χ2v) is 8.68. The second-order valence-electron chi connectivity index (χ2n) is 8.68. The molecule has 1 aliphatic carbocycles. The maximum Gasteiger partial charge on any atom is 0.267 e. The summed E-state index contributed by atoms with van der Waals surface area (Å²) in [5.74, 6) is 0.0342. The predicted molar refractivity (Wildman–Crippen MR) is 136 cm³/mol. The number of amides is 2. The number of aliphatic hydroxyl groups excluding tert-OH is 1. The van der Waals surface area contributed by atoms with E-state index in [1.165, 1.54) is 30.5 Å². The van der Waals surface area contributed by atoms with Gasteiger partial charge in [0, 0.05) is 18.5 Å². The van der Waals surface area contributed by atoms with Crippen molar-refractivity contribution in [3.8, 4) is 5.75 Å². The van der Waals surface area contributed by atoms with Gasteiger partial charge in [0.2, 0.25) is 0 Å². The normalized spacial score (nSPS) is 13.2. The molecule has 7 heteroatoms. The molecule has 2 amide bonds. The molecular formula is C29H29FN2O4. The molecule has 0 bridgehead atoms. The number of carbonyl (C=O) groups is 2. The van der Waals surface area contributed by atoms with E-state index in [2.05, 4.69) is 10.6 Å². The lowest BCUT2D eigenvalue weighted by atomic mass is 10.1. The number of rotatable bonds is 11. The van der Waals surface area contributed by atoms with Crippen LogP contribution in [0.5, 0.6) is 5.75 Å². The van der Waals surface area contributed by atoms with E-state index in [-0.39, 0.29) is 24.7 Å². The van der Waals surface area contributed by atoms with Crippen molar-refractivity contribution < 1.29 is 23.8 Å². The van der Waals surface area contributed by atoms with Crippen LogP contribution in [0.3, 0.4) is 0 Å². The van der Waals surface area contributed by atoms with Crippen LogP contribution in [-0.2, 0) is 11.2 Å². The zero-order valence-corrected chi connectivity index (χ0v) is 19.9. The zero-order valence-electron chi connectivity index (χ0n) is 19.9. The van der Waals surface area contributed by atoms with Crippen molar-refractivity contribution in [2.45, 2.75) is 25.2 Å². The van der Waals surface area contributed by atoms with Crippen molar-refractivity contribution in [2.24, 2.45) is 0 Å². The molecular weight excluding hydrogens is 459 g/mol. The third-order valence-corrected chi connectivity index (χ3v) is 5.88. The van der Waals surface area contributed by atoms with E-state index < -0.39 is 11.8 Å². The van der Waals surface area contributed by atoms with Crippen LogP contribution in [0.2, 0.25) is 0 Å². The molecule has 6 nitrogen and oxygen atoms in total. The largest absolute Gasteiger partial charge is 0.493 e. The summed E-state index contributed by atoms with van der Waals surface area (Å²) in [5, 5.41) is 14.3. The molecule has 3 aromatic carbocycles. The van der Waals surface area contributed by atoms with Gasteiger partial charge in [0.25, 0.3) is 11.8 Å². The minimum absolute atomic E-state index is 0.0800. The number of hydrogen-bond donors (Lipinski definition) is 3. The summed E-state index contributed by atoms with van der Waals surface area (Å²) in [5.41, 5.74) is 3.49. The van der Waals surface area contributed by atoms with Crippen LogP contribution in [0.15, 0.2) is 78.5 Å². The molecule has 0 atom stereocenters. The molecule has 1 fully saturated rings. The fourth-order valence-electron chi connectivity index (χ4n) is 3.71. The van der Waals surface area contributed by atoms with E-state index in [0.29, 0.717) is 30.3 Å². The Labute approximate surface area is 209 Å². The summed E-state index contributed by atoms with van der Waals surface area (Å²) < 4.78 is 18.7. The first-order valence-corrected chi connectivity index (χ1v) is 12.0. The lowest BCUT2D eigenvalue weighted by Crippen LogP contribution is -2.36. The third-order valence-electron chi connectivity index (χ3n) is 5.88. The van der Waals surface area contributed by atoms with Crippen LogP contribution in [0, 0.1) is 5.82 Å². The quantitative estimate of drug-likeness (QED) is 0.353. The number of halogens is 1. The van der Waals surface area contributed by atoms with Crippen molar-refractivity contribution in [1.29, 1.82) is 0 Å². The molecule has 0 heterocycles. The standard InChI is InChI=1S/C29H29FN2O4/c30-25-11-3-20(4-12-25)15-18-36-26-13-9-24(10-14-26)28(34)32-27(29(35)31-16-17-33)19-21-1-5-22(6-2-21)23-7-8-23/h1-6,9-14,19,23,33H,7-8,15-18H2,(H,31,35)(H,32,34). The number of carbonyl (C=O) groups excluding carboxylic acids is 2. The van der Waals surface area contributed by atoms with Crippen molar-refractivity contribution in [2.75, 3.05) is 19.8 Å². The molecule has 3 aromatic rings. The highest BCUT2D eigenvalue weighted by atomic mass is 19.1. The molecule has 0 radical (unpaired) electrons. The van der Waals surface area contributed by atoms with Gasteiger partial charge in [-0.3, -0.25) is 9.59 Å². The monoisotopic (exact) mass is 488 g/mol. The molecule has 0 aromatic heterocycles.